The number of nitrogens with zero attached hydrogens (tertiary/aromatic N) is 5. The summed E-state index contributed by atoms with van der Waals surface area (Å²) in [6.45, 7) is 8.98. The molecule has 174 valence electrons. The smallest absolute Gasteiger partial charge is 0.223 e. The van der Waals surface area contributed by atoms with E-state index >= 15 is 0 Å². The molecular formula is C21H27BrClN5O3S. The number of aromatic nitrogens is 4. The quantitative estimate of drug-likeness (QED) is 0.429. The van der Waals surface area contributed by atoms with Crippen molar-refractivity contribution in [1.29, 1.82) is 0 Å². The van der Waals surface area contributed by atoms with E-state index in [-0.39, 0.29) is 5.41 Å². The second-order valence-corrected chi connectivity index (χ2v) is 12.9. The molecule has 1 aliphatic heterocycles. The SMILES string of the molecule is CC(C)(C)Cn1nnc2c(Br)c(Oc3ncc(Cl)cc3CN3CCS(O)(O)CC3)ccc21. The normalized spacial score (nSPS) is 18.1. The van der Waals surface area contributed by atoms with Crippen molar-refractivity contribution in [2.24, 2.45) is 5.41 Å². The first kappa shape index (κ1) is 23.7. The molecule has 1 aromatic carbocycles. The molecule has 0 atom stereocenters. The molecule has 0 radical (unpaired) electrons. The van der Waals surface area contributed by atoms with Crippen molar-refractivity contribution in [2.45, 2.75) is 33.9 Å². The van der Waals surface area contributed by atoms with Crippen molar-refractivity contribution in [3.63, 3.8) is 0 Å². The van der Waals surface area contributed by atoms with E-state index < -0.39 is 10.6 Å². The van der Waals surface area contributed by atoms with E-state index in [0.717, 1.165) is 23.1 Å². The Kier molecular flexibility index (Phi) is 6.73. The number of fused-ring (bicyclic) bond motifs is 1. The van der Waals surface area contributed by atoms with Gasteiger partial charge in [0.2, 0.25) is 5.88 Å². The van der Waals surface area contributed by atoms with Crippen LogP contribution in [0.15, 0.2) is 28.9 Å². The van der Waals surface area contributed by atoms with Crippen LogP contribution in [0.5, 0.6) is 11.6 Å². The van der Waals surface area contributed by atoms with Crippen LogP contribution in [-0.2, 0) is 13.1 Å². The molecule has 3 heterocycles. The fraction of sp³-hybridized carbons (Fsp3) is 0.476. The van der Waals surface area contributed by atoms with E-state index in [9.17, 15) is 9.11 Å². The standard InChI is InChI=1S/C21H27BrClN5O3S/c1-21(2,3)13-28-16-4-5-17(18(22)19(16)25-26-28)31-20-14(10-15(23)11-24-20)12-27-6-8-32(29,30)9-7-27/h4-5,10-11,29-30H,6-9,12-13H2,1-3H3. The molecule has 11 heteroatoms. The number of halogens is 2. The average molecular weight is 545 g/mol. The molecular weight excluding hydrogens is 518 g/mol. The van der Waals surface area contributed by atoms with Gasteiger partial charge in [0, 0.05) is 37.9 Å². The van der Waals surface area contributed by atoms with Crippen molar-refractivity contribution in [2.75, 3.05) is 24.6 Å². The van der Waals surface area contributed by atoms with Gasteiger partial charge in [-0.2, -0.15) is 10.6 Å². The summed E-state index contributed by atoms with van der Waals surface area (Å²) >= 11 is 9.83. The second-order valence-electron chi connectivity index (χ2n) is 9.26. The Morgan fingerprint density at radius 2 is 1.94 bits per heavy atom. The van der Waals surface area contributed by atoms with Crippen LogP contribution in [0.1, 0.15) is 26.3 Å². The number of hydrogen-bond donors (Lipinski definition) is 2. The van der Waals surface area contributed by atoms with Gasteiger partial charge in [0.05, 0.1) is 26.5 Å². The molecule has 0 amide bonds. The van der Waals surface area contributed by atoms with Gasteiger partial charge in [0.15, 0.2) is 0 Å². The highest BCUT2D eigenvalue weighted by atomic mass is 79.9. The van der Waals surface area contributed by atoms with Crippen LogP contribution in [0.4, 0.5) is 0 Å². The van der Waals surface area contributed by atoms with Gasteiger partial charge in [0.1, 0.15) is 11.3 Å². The zero-order valence-corrected chi connectivity index (χ0v) is 21.4. The van der Waals surface area contributed by atoms with Crippen LogP contribution < -0.4 is 4.74 Å². The van der Waals surface area contributed by atoms with E-state index in [0.29, 0.717) is 52.3 Å². The summed E-state index contributed by atoms with van der Waals surface area (Å²) in [6, 6.07) is 5.67. The maximum atomic E-state index is 9.87. The third kappa shape index (κ3) is 5.55. The van der Waals surface area contributed by atoms with E-state index in [2.05, 4.69) is 56.9 Å². The van der Waals surface area contributed by atoms with Gasteiger partial charge in [0.25, 0.3) is 0 Å². The second kappa shape index (κ2) is 9.08. The summed E-state index contributed by atoms with van der Waals surface area (Å²) in [6.07, 6.45) is 1.55. The van der Waals surface area contributed by atoms with Crippen LogP contribution in [0.3, 0.4) is 0 Å². The molecule has 0 saturated carbocycles. The molecule has 2 N–H and O–H groups in total. The average Bonchev–Trinajstić information content (AvgIpc) is 3.09. The van der Waals surface area contributed by atoms with Gasteiger partial charge >= 0.3 is 0 Å². The first-order chi connectivity index (χ1) is 15.0. The Bertz CT molecular complexity index is 1120. The maximum absolute atomic E-state index is 9.87. The molecule has 1 aliphatic rings. The fourth-order valence-corrected chi connectivity index (χ4v) is 5.55. The topological polar surface area (TPSA) is 96.5 Å². The summed E-state index contributed by atoms with van der Waals surface area (Å²) in [5.74, 6) is 1.80. The third-order valence-corrected chi connectivity index (χ3v) is 7.82. The Labute approximate surface area is 202 Å². The summed E-state index contributed by atoms with van der Waals surface area (Å²) in [5, 5.41) is 9.17. The third-order valence-electron chi connectivity index (χ3n) is 5.18. The first-order valence-electron chi connectivity index (χ1n) is 10.3. The zero-order valence-electron chi connectivity index (χ0n) is 18.3. The van der Waals surface area contributed by atoms with Gasteiger partial charge in [-0.05, 0) is 39.5 Å². The van der Waals surface area contributed by atoms with Gasteiger partial charge in [-0.25, -0.2) is 9.67 Å². The Balaban J connectivity index is 1.58. The van der Waals surface area contributed by atoms with Crippen LogP contribution in [0.25, 0.3) is 11.0 Å². The largest absolute Gasteiger partial charge is 0.437 e. The van der Waals surface area contributed by atoms with Gasteiger partial charge in [-0.1, -0.05) is 37.6 Å². The Hall–Kier alpha value is -1.43. The number of benzene rings is 1. The molecule has 0 unspecified atom stereocenters. The lowest BCUT2D eigenvalue weighted by Gasteiger charge is -2.41. The maximum Gasteiger partial charge on any atom is 0.223 e. The van der Waals surface area contributed by atoms with Crippen molar-refractivity contribution in [3.05, 3.63) is 39.5 Å². The summed E-state index contributed by atoms with van der Waals surface area (Å²) in [7, 11) is -2.45. The summed E-state index contributed by atoms with van der Waals surface area (Å²) in [4.78, 5) is 6.55. The highest BCUT2D eigenvalue weighted by molar-refractivity contribution is 9.10. The summed E-state index contributed by atoms with van der Waals surface area (Å²) < 4.78 is 28.5. The van der Waals surface area contributed by atoms with Gasteiger partial charge < -0.3 is 4.74 Å². The van der Waals surface area contributed by atoms with Gasteiger partial charge in [-0.3, -0.25) is 14.0 Å². The zero-order chi connectivity index (χ0) is 23.1. The minimum absolute atomic E-state index is 0.0755. The Morgan fingerprint density at radius 3 is 2.62 bits per heavy atom. The predicted molar refractivity (Wildman–Crippen MR) is 132 cm³/mol. The number of hydrogen-bond acceptors (Lipinski definition) is 7. The van der Waals surface area contributed by atoms with Crippen LogP contribution in [-0.4, -0.2) is 58.6 Å². The highest BCUT2D eigenvalue weighted by Gasteiger charge is 2.24. The van der Waals surface area contributed by atoms with Crippen molar-refractivity contribution >= 4 is 49.2 Å². The molecule has 0 spiro atoms. The fourth-order valence-electron chi connectivity index (χ4n) is 3.57. The van der Waals surface area contributed by atoms with Crippen molar-refractivity contribution in [1.82, 2.24) is 24.9 Å². The van der Waals surface area contributed by atoms with E-state index in [1.165, 1.54) is 0 Å². The minimum Gasteiger partial charge on any atom is -0.437 e. The lowest BCUT2D eigenvalue weighted by Crippen LogP contribution is -2.37. The lowest BCUT2D eigenvalue weighted by molar-refractivity contribution is 0.273. The van der Waals surface area contributed by atoms with Crippen LogP contribution in [0.2, 0.25) is 5.02 Å². The number of rotatable bonds is 5. The van der Waals surface area contributed by atoms with Crippen molar-refractivity contribution in [3.8, 4) is 11.6 Å². The lowest BCUT2D eigenvalue weighted by atomic mass is 9.97. The number of pyridine rings is 1. The van der Waals surface area contributed by atoms with E-state index in [1.807, 2.05) is 22.9 Å². The molecule has 0 aliphatic carbocycles. The number of ether oxygens (including phenoxy) is 1. The molecule has 3 aromatic rings. The molecule has 4 rings (SSSR count). The van der Waals surface area contributed by atoms with E-state index in [4.69, 9.17) is 16.3 Å². The molecule has 8 nitrogen and oxygen atoms in total. The molecule has 0 bridgehead atoms. The van der Waals surface area contributed by atoms with E-state index in [1.54, 1.807) is 6.20 Å². The predicted octanol–water partition coefficient (Wildman–Crippen LogP) is 5.65. The molecule has 1 fully saturated rings. The van der Waals surface area contributed by atoms with Crippen LogP contribution >= 0.6 is 38.1 Å². The first-order valence-corrected chi connectivity index (χ1v) is 13.4. The summed E-state index contributed by atoms with van der Waals surface area (Å²) in [5.41, 5.74) is 2.56. The Morgan fingerprint density at radius 1 is 1.22 bits per heavy atom. The minimum atomic E-state index is -2.45. The van der Waals surface area contributed by atoms with Gasteiger partial charge in [-0.15, -0.1) is 5.10 Å². The van der Waals surface area contributed by atoms with Crippen molar-refractivity contribution < 1.29 is 13.8 Å². The molecule has 1 saturated heterocycles. The van der Waals surface area contributed by atoms with Crippen LogP contribution in [0, 0.1) is 5.41 Å². The molecule has 32 heavy (non-hydrogen) atoms. The molecule has 2 aromatic heterocycles. The highest BCUT2D eigenvalue weighted by Crippen LogP contribution is 2.41. The monoisotopic (exact) mass is 543 g/mol.